The normalized spacial score (nSPS) is 13.5. The number of nitrogens with two attached hydrogens (primary N) is 1. The summed E-state index contributed by atoms with van der Waals surface area (Å²) in [6.45, 7) is 2.04. The Labute approximate surface area is 156 Å². The van der Waals surface area contributed by atoms with Crippen LogP contribution < -0.4 is 10.5 Å². The first-order chi connectivity index (χ1) is 13.2. The minimum atomic E-state index is -0.143. The Kier molecular flexibility index (Phi) is 4.59. The summed E-state index contributed by atoms with van der Waals surface area (Å²) in [6, 6.07) is 7.73. The molecular formula is C18H21N7O2. The minimum Gasteiger partial charge on any atom is -0.496 e. The molecule has 3 heterocycles. The van der Waals surface area contributed by atoms with E-state index in [-0.39, 0.29) is 5.91 Å². The summed E-state index contributed by atoms with van der Waals surface area (Å²) in [6.07, 6.45) is 2.35. The molecule has 9 heteroatoms. The second kappa shape index (κ2) is 7.20. The first-order valence-corrected chi connectivity index (χ1v) is 8.80. The minimum absolute atomic E-state index is 0.143. The molecule has 3 N–H and O–H groups in total. The highest BCUT2D eigenvalue weighted by atomic mass is 16.5. The maximum atomic E-state index is 12.8. The van der Waals surface area contributed by atoms with Crippen molar-refractivity contribution in [2.75, 3.05) is 20.2 Å². The predicted octanol–water partition coefficient (Wildman–Crippen LogP) is 0.834. The van der Waals surface area contributed by atoms with Crippen LogP contribution in [0.1, 0.15) is 21.7 Å². The number of para-hydroxylation sites is 1. The van der Waals surface area contributed by atoms with Crippen LogP contribution in [0, 0.1) is 0 Å². The number of hydrogen-bond donors (Lipinski definition) is 2. The number of ether oxygens (including phenoxy) is 1. The van der Waals surface area contributed by atoms with E-state index >= 15 is 0 Å². The molecule has 3 aromatic rings. The number of rotatable bonds is 5. The number of hydrogen-bond acceptors (Lipinski definition) is 6. The molecule has 0 spiro atoms. The lowest BCUT2D eigenvalue weighted by Crippen LogP contribution is -2.36. The van der Waals surface area contributed by atoms with E-state index in [0.717, 1.165) is 28.3 Å². The lowest BCUT2D eigenvalue weighted by atomic mass is 10.00. The molecule has 1 aromatic carbocycles. The van der Waals surface area contributed by atoms with Crippen molar-refractivity contribution in [1.82, 2.24) is 30.1 Å². The number of H-pyrrole nitrogens is 1. The van der Waals surface area contributed by atoms with Gasteiger partial charge in [-0.3, -0.25) is 14.6 Å². The Morgan fingerprint density at radius 2 is 2.22 bits per heavy atom. The number of carbonyl (C=O) groups excluding carboxylic acids is 1. The number of aromatic nitrogens is 5. The second-order valence-corrected chi connectivity index (χ2v) is 6.36. The molecule has 0 bridgehead atoms. The van der Waals surface area contributed by atoms with Crippen LogP contribution in [0.4, 0.5) is 0 Å². The maximum absolute atomic E-state index is 12.8. The van der Waals surface area contributed by atoms with Crippen molar-refractivity contribution in [3.63, 3.8) is 0 Å². The zero-order valence-corrected chi connectivity index (χ0v) is 15.1. The summed E-state index contributed by atoms with van der Waals surface area (Å²) in [4.78, 5) is 14.6. The van der Waals surface area contributed by atoms with Gasteiger partial charge in [0.05, 0.1) is 26.4 Å². The van der Waals surface area contributed by atoms with E-state index in [1.807, 2.05) is 24.3 Å². The summed E-state index contributed by atoms with van der Waals surface area (Å²) in [5, 5.41) is 15.5. The van der Waals surface area contributed by atoms with Crippen molar-refractivity contribution >= 4 is 5.91 Å². The Hall–Kier alpha value is -3.20. The van der Waals surface area contributed by atoms with Crippen molar-refractivity contribution < 1.29 is 9.53 Å². The van der Waals surface area contributed by atoms with Crippen molar-refractivity contribution in [1.29, 1.82) is 0 Å². The topological polar surface area (TPSA) is 115 Å². The van der Waals surface area contributed by atoms with Gasteiger partial charge in [0.25, 0.3) is 5.91 Å². The summed E-state index contributed by atoms with van der Waals surface area (Å²) in [5.41, 5.74) is 9.62. The molecule has 0 radical (unpaired) electrons. The van der Waals surface area contributed by atoms with Crippen LogP contribution in [-0.4, -0.2) is 56.2 Å². The highest BCUT2D eigenvalue weighted by Gasteiger charge is 2.28. The first-order valence-electron chi connectivity index (χ1n) is 8.80. The molecule has 0 aliphatic carbocycles. The molecule has 1 aliphatic heterocycles. The number of nitrogens with one attached hydrogen (secondary N) is 1. The summed E-state index contributed by atoms with van der Waals surface area (Å²) >= 11 is 0. The van der Waals surface area contributed by atoms with Gasteiger partial charge in [-0.1, -0.05) is 17.3 Å². The lowest BCUT2D eigenvalue weighted by Gasteiger charge is -2.26. The summed E-state index contributed by atoms with van der Waals surface area (Å²) in [7, 11) is 1.64. The van der Waals surface area contributed by atoms with Gasteiger partial charge in [-0.05, 0) is 12.1 Å². The summed E-state index contributed by atoms with van der Waals surface area (Å²) < 4.78 is 7.05. The number of nitrogens with zero attached hydrogens (tertiary/aromatic N) is 5. The molecule has 4 rings (SSSR count). The number of methoxy groups -OCH3 is 1. The molecule has 9 nitrogen and oxygen atoms in total. The molecule has 1 aliphatic rings. The fraction of sp³-hybridized carbons (Fsp3) is 0.333. The third-order valence-corrected chi connectivity index (χ3v) is 4.70. The molecule has 0 saturated heterocycles. The van der Waals surface area contributed by atoms with E-state index in [2.05, 4.69) is 20.5 Å². The van der Waals surface area contributed by atoms with Gasteiger partial charge >= 0.3 is 0 Å². The monoisotopic (exact) mass is 367 g/mol. The van der Waals surface area contributed by atoms with Gasteiger partial charge in [-0.25, -0.2) is 0 Å². The van der Waals surface area contributed by atoms with Crippen LogP contribution in [0.3, 0.4) is 0 Å². The van der Waals surface area contributed by atoms with Crippen LogP contribution in [-0.2, 0) is 19.5 Å². The third kappa shape index (κ3) is 3.17. The molecule has 140 valence electrons. The maximum Gasteiger partial charge on any atom is 0.276 e. The van der Waals surface area contributed by atoms with Gasteiger partial charge in [0, 0.05) is 36.3 Å². The third-order valence-electron chi connectivity index (χ3n) is 4.70. The van der Waals surface area contributed by atoms with E-state index < -0.39 is 0 Å². The van der Waals surface area contributed by atoms with Gasteiger partial charge in [0.2, 0.25) is 0 Å². The second-order valence-electron chi connectivity index (χ2n) is 6.36. The van der Waals surface area contributed by atoms with Gasteiger partial charge < -0.3 is 15.4 Å². The molecular weight excluding hydrogens is 346 g/mol. The number of benzene rings is 1. The van der Waals surface area contributed by atoms with Crippen molar-refractivity contribution in [3.8, 4) is 17.0 Å². The van der Waals surface area contributed by atoms with Crippen LogP contribution >= 0.6 is 0 Å². The molecule has 0 unspecified atom stereocenters. The number of carbonyl (C=O) groups is 1. The van der Waals surface area contributed by atoms with Gasteiger partial charge in [-0.2, -0.15) is 5.10 Å². The highest BCUT2D eigenvalue weighted by Crippen LogP contribution is 2.34. The van der Waals surface area contributed by atoms with E-state index in [9.17, 15) is 4.79 Å². The average Bonchev–Trinajstić information content (AvgIpc) is 3.34. The van der Waals surface area contributed by atoms with Crippen LogP contribution in [0.25, 0.3) is 11.3 Å². The van der Waals surface area contributed by atoms with E-state index in [4.69, 9.17) is 10.5 Å². The van der Waals surface area contributed by atoms with Crippen molar-refractivity contribution in [2.45, 2.75) is 19.5 Å². The Balaban J connectivity index is 1.61. The van der Waals surface area contributed by atoms with Crippen molar-refractivity contribution in [2.24, 2.45) is 5.73 Å². The number of aromatic amines is 1. The zero-order valence-electron chi connectivity index (χ0n) is 15.1. The quantitative estimate of drug-likeness (QED) is 0.690. The van der Waals surface area contributed by atoms with E-state index in [0.29, 0.717) is 38.3 Å². The highest BCUT2D eigenvalue weighted by molar-refractivity contribution is 5.92. The van der Waals surface area contributed by atoms with Crippen LogP contribution in [0.5, 0.6) is 5.75 Å². The van der Waals surface area contributed by atoms with E-state index in [1.165, 1.54) is 0 Å². The fourth-order valence-corrected chi connectivity index (χ4v) is 3.33. The first kappa shape index (κ1) is 17.2. The van der Waals surface area contributed by atoms with Crippen LogP contribution in [0.15, 0.2) is 30.5 Å². The SMILES string of the molecule is COc1ccccc1-c1n[nH]c2c1CN(C(=O)c1cn(CCN)nn1)CC2. The molecule has 1 amide bonds. The molecule has 2 aromatic heterocycles. The predicted molar refractivity (Wildman–Crippen MR) is 98.1 cm³/mol. The zero-order chi connectivity index (χ0) is 18.8. The molecule has 0 fully saturated rings. The number of fused-ring (bicyclic) bond motifs is 1. The molecule has 27 heavy (non-hydrogen) atoms. The Morgan fingerprint density at radius 3 is 3.04 bits per heavy atom. The Morgan fingerprint density at radius 1 is 1.37 bits per heavy atom. The van der Waals surface area contributed by atoms with Gasteiger partial charge in [0.15, 0.2) is 5.69 Å². The lowest BCUT2D eigenvalue weighted by molar-refractivity contribution is 0.0728. The fourth-order valence-electron chi connectivity index (χ4n) is 3.33. The molecule has 0 atom stereocenters. The smallest absolute Gasteiger partial charge is 0.276 e. The van der Waals surface area contributed by atoms with Gasteiger partial charge in [-0.15, -0.1) is 5.10 Å². The molecule has 0 saturated carbocycles. The Bertz CT molecular complexity index is 962. The number of amides is 1. The van der Waals surface area contributed by atoms with Crippen molar-refractivity contribution in [3.05, 3.63) is 47.4 Å². The van der Waals surface area contributed by atoms with Gasteiger partial charge in [0.1, 0.15) is 11.4 Å². The largest absolute Gasteiger partial charge is 0.496 e. The summed E-state index contributed by atoms with van der Waals surface area (Å²) in [5.74, 6) is 0.607. The average molecular weight is 367 g/mol. The standard InChI is InChI=1S/C18H21N7O2/c1-27-16-5-3-2-4-12(16)17-13-10-24(8-6-14(13)20-22-17)18(26)15-11-25(9-7-19)23-21-15/h2-5,11H,6-10,19H2,1H3,(H,20,22). The van der Waals surface area contributed by atoms with Crippen LogP contribution in [0.2, 0.25) is 0 Å². The van der Waals surface area contributed by atoms with E-state index in [1.54, 1.807) is 22.9 Å².